The van der Waals surface area contributed by atoms with E-state index < -0.39 is 46.2 Å². The third-order valence-corrected chi connectivity index (χ3v) is 0. The van der Waals surface area contributed by atoms with E-state index in [2.05, 4.69) is 0 Å². The molecule has 9 nitrogen and oxygen atoms in total. The van der Waals surface area contributed by atoms with Crippen molar-refractivity contribution < 1.29 is 162 Å². The summed E-state index contributed by atoms with van der Waals surface area (Å²) in [7, 11) is 0. The molecule has 0 aromatic carbocycles. The van der Waals surface area contributed by atoms with Gasteiger partial charge in [0.15, 0.2) is 0 Å². The summed E-state index contributed by atoms with van der Waals surface area (Å²) in [5.41, 5.74) is 0. The summed E-state index contributed by atoms with van der Waals surface area (Å²) in [6, 6.07) is 0. The quantitative estimate of drug-likeness (QED) is 0.304. The van der Waals surface area contributed by atoms with E-state index >= 15 is 0 Å². The number of hydrogen-bond donors (Lipinski definition) is 3. The second-order valence-corrected chi connectivity index (χ2v) is 2.94. The van der Waals surface area contributed by atoms with Gasteiger partial charge in [0.2, 0.25) is 0 Å². The maximum absolute atomic E-state index is 8.67. The van der Waals surface area contributed by atoms with E-state index in [9.17, 15) is 0 Å². The minimum absolute atomic E-state index is 0. The molecule has 0 aliphatic rings. The summed E-state index contributed by atoms with van der Waals surface area (Å²) >= 11 is -11.1. The fourth-order valence-electron chi connectivity index (χ4n) is 0. The molecule has 0 fully saturated rings. The molecule has 0 unspecified atom stereocenters. The molecule has 82 valence electrons. The van der Waals surface area contributed by atoms with Crippen LogP contribution in [-0.4, -0.2) is 12.1 Å². The van der Waals surface area contributed by atoms with Crippen molar-refractivity contribution in [3.05, 3.63) is 0 Å². The van der Waals surface area contributed by atoms with E-state index in [1.807, 2.05) is 0 Å². The Labute approximate surface area is 159 Å². The zero-order valence-electron chi connectivity index (χ0n) is 6.09. The summed E-state index contributed by atoms with van der Waals surface area (Å²) < 4.78 is 73.3. The summed E-state index contributed by atoms with van der Waals surface area (Å²) in [5, 5.41) is 0. The summed E-state index contributed by atoms with van der Waals surface area (Å²) in [5.74, 6) is 0. The molecule has 0 aliphatic heterocycles. The van der Waals surface area contributed by atoms with Crippen LogP contribution in [0.25, 0.3) is 0 Å². The van der Waals surface area contributed by atoms with Crippen LogP contribution in [0.1, 0.15) is 0 Å². The maximum atomic E-state index is 8.67. The van der Waals surface area contributed by atoms with Gasteiger partial charge in [0.25, 0.3) is 0 Å². The Morgan fingerprint density at radius 3 is 0.571 bits per heavy atom. The molecular weight excluding hydrogens is 538 g/mol. The van der Waals surface area contributed by atoms with Gasteiger partial charge >= 0.3 is 80.3 Å². The average Bonchev–Trinajstić information content (AvgIpc) is 1.54. The molecule has 3 N–H and O–H groups in total. The van der Waals surface area contributed by atoms with Crippen LogP contribution in [-0.2, 0) is 101 Å². The van der Waals surface area contributed by atoms with Crippen molar-refractivity contribution in [2.45, 2.75) is 0 Å². The predicted octanol–water partition coefficient (Wildman–Crippen LogP) is -2.39. The minimum atomic E-state index is -3.69. The Bertz CT molecular complexity index is 213. The normalized spacial score (nSPS) is 5.36. The van der Waals surface area contributed by atoms with Gasteiger partial charge in [0.1, 0.15) is 0 Å². The molecule has 14 heteroatoms. The van der Waals surface area contributed by atoms with Crippen molar-refractivity contribution in [2.75, 3.05) is 0 Å². The van der Waals surface area contributed by atoms with Gasteiger partial charge in [-0.05, 0) is 0 Å². The van der Waals surface area contributed by atoms with E-state index in [1.165, 1.54) is 0 Å². The predicted molar refractivity (Wildman–Crippen MR) is 10.8 cm³/mol. The van der Waals surface area contributed by atoms with Crippen molar-refractivity contribution in [3.63, 3.8) is 0 Å². The van der Waals surface area contributed by atoms with E-state index in [4.69, 9.17) is 34.1 Å². The van der Waals surface area contributed by atoms with E-state index in [1.54, 1.807) is 0 Å². The molecule has 0 aromatic heterocycles. The van der Waals surface area contributed by atoms with Gasteiger partial charge in [-0.2, -0.15) is 0 Å². The summed E-state index contributed by atoms with van der Waals surface area (Å²) in [6.07, 6.45) is 0. The number of hydrogen-bond acceptors (Lipinski definition) is 6. The van der Waals surface area contributed by atoms with E-state index in [0.717, 1.165) is 0 Å². The maximum Gasteiger partial charge on any atom is 0 e. The molecule has 0 spiro atoms. The zero-order chi connectivity index (χ0) is 10.7. The summed E-state index contributed by atoms with van der Waals surface area (Å²) in [6.45, 7) is 0. The van der Waals surface area contributed by atoms with Crippen LogP contribution in [0, 0.1) is 49.4 Å². The molecule has 0 bridgehead atoms. The molecule has 0 heterocycles. The average molecular weight is 541 g/mol. The van der Waals surface area contributed by atoms with Crippen LogP contribution in [0.4, 0.5) is 0 Å². The first-order valence-electron chi connectivity index (χ1n) is 1.70. The van der Waals surface area contributed by atoms with Crippen molar-refractivity contribution in [2.24, 2.45) is 0 Å². The zero-order valence-corrected chi connectivity index (χ0v) is 15.5. The van der Waals surface area contributed by atoms with Crippen molar-refractivity contribution in [3.8, 4) is 0 Å². The molecule has 0 saturated heterocycles. The van der Waals surface area contributed by atoms with Crippen LogP contribution in [0.2, 0.25) is 0 Å². The first-order chi connectivity index (χ1) is 5.20. The van der Waals surface area contributed by atoms with Crippen LogP contribution < -0.4 is 0 Å². The van der Waals surface area contributed by atoms with Gasteiger partial charge in [-0.1, -0.05) is 0 Å². The smallest absolute Gasteiger partial charge is 0 e. The van der Waals surface area contributed by atoms with Crippen molar-refractivity contribution >= 4 is 0 Å². The first-order valence-corrected chi connectivity index (χ1v) is 6.99. The van der Waals surface area contributed by atoms with Gasteiger partial charge in [-0.25, -0.2) is 0 Å². The van der Waals surface area contributed by atoms with Crippen LogP contribution in [0.15, 0.2) is 0 Å². The molecular formula is H3EuO9V3Y. The van der Waals surface area contributed by atoms with Crippen LogP contribution in [0.3, 0.4) is 0 Å². The minimum Gasteiger partial charge on any atom is 0 e. The molecule has 14 heavy (non-hydrogen) atoms. The van der Waals surface area contributed by atoms with Crippen molar-refractivity contribution in [1.29, 1.82) is 0 Å². The molecule has 0 rings (SSSR count). The van der Waals surface area contributed by atoms with Crippen LogP contribution in [0.5, 0.6) is 0 Å². The second kappa shape index (κ2) is 25.1. The molecule has 0 atom stereocenters. The Balaban J connectivity index is -0.0000000270. The van der Waals surface area contributed by atoms with Gasteiger partial charge in [-0.3, -0.25) is 0 Å². The Kier molecular flexibility index (Phi) is 54.3. The molecule has 0 amide bonds. The topological polar surface area (TPSA) is 163 Å². The SMILES string of the molecule is [Eu].[O]=[V](=[O])[OH].[O]=[V](=[O])[OH].[O]=[V](=[O])[OH].[Y]. The molecule has 0 saturated carbocycles. The fraction of sp³-hybridized carbons (Fsp3) is 0. The first kappa shape index (κ1) is 30.3. The van der Waals surface area contributed by atoms with Crippen LogP contribution >= 0.6 is 0 Å². The third-order valence-electron chi connectivity index (χ3n) is 0. The third kappa shape index (κ3) is 309. The molecule has 0 aromatic rings. The Hall–Kier alpha value is 3.12. The monoisotopic (exact) mass is 542 g/mol. The molecule has 0 aliphatic carbocycles. The fourth-order valence-corrected chi connectivity index (χ4v) is 0. The summed E-state index contributed by atoms with van der Waals surface area (Å²) in [4.78, 5) is 0. The van der Waals surface area contributed by atoms with E-state index in [-0.39, 0.29) is 82.1 Å². The van der Waals surface area contributed by atoms with Gasteiger partial charge in [0.05, 0.1) is 0 Å². The Morgan fingerprint density at radius 1 is 0.571 bits per heavy atom. The number of rotatable bonds is 0. The van der Waals surface area contributed by atoms with Gasteiger partial charge < -0.3 is 0 Å². The Morgan fingerprint density at radius 2 is 0.571 bits per heavy atom. The van der Waals surface area contributed by atoms with Gasteiger partial charge in [-0.15, -0.1) is 0 Å². The van der Waals surface area contributed by atoms with Gasteiger partial charge in [0, 0.05) is 82.1 Å². The second-order valence-electron chi connectivity index (χ2n) is 0.714. The van der Waals surface area contributed by atoms with E-state index in [0.29, 0.717) is 0 Å². The standard InChI is InChI=1S/Eu.3H2O.6O.3V.Y/h;3*1H2;;;;;;;;;;/q;;;;;;;;;;3*+1;/p-3. The van der Waals surface area contributed by atoms with Crippen molar-refractivity contribution in [1.82, 2.24) is 0 Å². The molecule has 2 radical (unpaired) electrons. The largest absolute Gasteiger partial charge is 0 e.